The van der Waals surface area contributed by atoms with E-state index in [1.165, 1.54) is 13.8 Å². The lowest BCUT2D eigenvalue weighted by Crippen LogP contribution is -2.55. The molecule has 1 aromatic carbocycles. The SMILES string of the molecule is CC(=O)OC[C@H]1OC(=O)[C@H]2[C@H](ON(Cc3ccccc3)[C@@H]2C)[C@H]1OC(C)=O. The van der Waals surface area contributed by atoms with Gasteiger partial charge in [-0.15, -0.1) is 0 Å². The van der Waals surface area contributed by atoms with E-state index < -0.39 is 42.1 Å². The number of benzene rings is 1. The van der Waals surface area contributed by atoms with Crippen LogP contribution in [-0.2, 0) is 40.0 Å². The molecule has 27 heavy (non-hydrogen) atoms. The molecule has 0 radical (unpaired) electrons. The van der Waals surface area contributed by atoms with Gasteiger partial charge in [-0.2, -0.15) is 5.06 Å². The monoisotopic (exact) mass is 377 g/mol. The average Bonchev–Trinajstić information content (AvgIpc) is 2.93. The number of fused-ring (bicyclic) bond motifs is 1. The van der Waals surface area contributed by atoms with Gasteiger partial charge in [0.05, 0.1) is 0 Å². The van der Waals surface area contributed by atoms with Crippen molar-refractivity contribution in [3.63, 3.8) is 0 Å². The number of rotatable bonds is 5. The lowest BCUT2D eigenvalue weighted by molar-refractivity contribution is -0.232. The van der Waals surface area contributed by atoms with Gasteiger partial charge in [-0.05, 0) is 12.5 Å². The van der Waals surface area contributed by atoms with Crippen molar-refractivity contribution in [2.24, 2.45) is 5.92 Å². The van der Waals surface area contributed by atoms with Crippen molar-refractivity contribution in [2.45, 2.75) is 51.7 Å². The van der Waals surface area contributed by atoms with E-state index in [1.54, 1.807) is 5.06 Å². The van der Waals surface area contributed by atoms with E-state index in [0.29, 0.717) is 6.54 Å². The lowest BCUT2D eigenvalue weighted by Gasteiger charge is -2.36. The summed E-state index contributed by atoms with van der Waals surface area (Å²) in [7, 11) is 0. The molecule has 8 heteroatoms. The van der Waals surface area contributed by atoms with Crippen LogP contribution in [-0.4, -0.2) is 53.9 Å². The summed E-state index contributed by atoms with van der Waals surface area (Å²) in [4.78, 5) is 41.3. The molecule has 0 spiro atoms. The normalized spacial score (nSPS) is 30.3. The third-order valence-electron chi connectivity index (χ3n) is 4.75. The van der Waals surface area contributed by atoms with E-state index >= 15 is 0 Å². The van der Waals surface area contributed by atoms with Crippen LogP contribution in [0.5, 0.6) is 0 Å². The Morgan fingerprint density at radius 3 is 2.48 bits per heavy atom. The molecule has 146 valence electrons. The zero-order chi connectivity index (χ0) is 19.6. The summed E-state index contributed by atoms with van der Waals surface area (Å²) in [5, 5.41) is 1.70. The van der Waals surface area contributed by atoms with E-state index in [2.05, 4.69) is 0 Å². The second kappa shape index (κ2) is 8.06. The standard InChI is InChI=1S/C19H23NO7/c1-11-16-18(27-20(11)9-14-7-5-4-6-8-14)17(25-13(3)22)15(26-19(16)23)10-24-12(2)21/h4-8,11,15-18H,9-10H2,1-3H3/t11-,15-,16-,17+,18+/m1/s1. The van der Waals surface area contributed by atoms with E-state index in [-0.39, 0.29) is 12.6 Å². The van der Waals surface area contributed by atoms with Crippen LogP contribution in [0.4, 0.5) is 0 Å². The summed E-state index contributed by atoms with van der Waals surface area (Å²) in [6.45, 7) is 4.67. The van der Waals surface area contributed by atoms with Crippen LogP contribution in [0.15, 0.2) is 30.3 Å². The van der Waals surface area contributed by atoms with Gasteiger partial charge in [0.2, 0.25) is 0 Å². The predicted molar refractivity (Wildman–Crippen MR) is 91.9 cm³/mol. The smallest absolute Gasteiger partial charge is 0.314 e. The van der Waals surface area contributed by atoms with Crippen LogP contribution in [0.1, 0.15) is 26.3 Å². The molecule has 2 heterocycles. The zero-order valence-electron chi connectivity index (χ0n) is 15.5. The number of nitrogens with zero attached hydrogens (tertiary/aromatic N) is 1. The first-order chi connectivity index (χ1) is 12.9. The van der Waals surface area contributed by atoms with Crippen molar-refractivity contribution < 1.29 is 33.4 Å². The van der Waals surface area contributed by atoms with Crippen LogP contribution in [0.2, 0.25) is 0 Å². The van der Waals surface area contributed by atoms with Gasteiger partial charge >= 0.3 is 17.9 Å². The van der Waals surface area contributed by atoms with Gasteiger partial charge in [0.1, 0.15) is 18.6 Å². The molecule has 0 saturated carbocycles. The number of ether oxygens (including phenoxy) is 3. The van der Waals surface area contributed by atoms with Crippen molar-refractivity contribution in [2.75, 3.05) is 6.61 Å². The zero-order valence-corrected chi connectivity index (χ0v) is 15.5. The van der Waals surface area contributed by atoms with E-state index in [0.717, 1.165) is 5.56 Å². The van der Waals surface area contributed by atoms with Crippen LogP contribution in [0.3, 0.4) is 0 Å². The Bertz CT molecular complexity index is 707. The van der Waals surface area contributed by atoms with E-state index in [4.69, 9.17) is 19.0 Å². The Kier molecular flexibility index (Phi) is 5.76. The minimum Gasteiger partial charge on any atom is -0.462 e. The minimum absolute atomic E-state index is 0.196. The summed E-state index contributed by atoms with van der Waals surface area (Å²) in [6.07, 6.45) is -2.46. The highest BCUT2D eigenvalue weighted by molar-refractivity contribution is 5.76. The topological polar surface area (TPSA) is 91.4 Å². The van der Waals surface area contributed by atoms with Gasteiger partial charge in [-0.3, -0.25) is 19.2 Å². The van der Waals surface area contributed by atoms with Crippen LogP contribution in [0.25, 0.3) is 0 Å². The molecule has 5 atom stereocenters. The molecule has 0 aliphatic carbocycles. The molecule has 2 aliphatic heterocycles. The van der Waals surface area contributed by atoms with Crippen LogP contribution < -0.4 is 0 Å². The molecular weight excluding hydrogens is 354 g/mol. The third kappa shape index (κ3) is 4.28. The first kappa shape index (κ1) is 19.3. The van der Waals surface area contributed by atoms with E-state index in [9.17, 15) is 14.4 Å². The maximum atomic E-state index is 12.6. The van der Waals surface area contributed by atoms with E-state index in [1.807, 2.05) is 37.3 Å². The second-order valence-corrected chi connectivity index (χ2v) is 6.75. The largest absolute Gasteiger partial charge is 0.462 e. The van der Waals surface area contributed by atoms with Gasteiger partial charge < -0.3 is 14.2 Å². The number of esters is 3. The lowest BCUT2D eigenvalue weighted by atomic mass is 9.87. The minimum atomic E-state index is -0.907. The molecule has 3 rings (SSSR count). The van der Waals surface area contributed by atoms with Crippen molar-refractivity contribution in [3.05, 3.63) is 35.9 Å². The molecular formula is C19H23NO7. The molecule has 2 saturated heterocycles. The number of cyclic esters (lactones) is 1. The molecule has 0 bridgehead atoms. The quantitative estimate of drug-likeness (QED) is 0.559. The van der Waals surface area contributed by atoms with Crippen molar-refractivity contribution in [1.29, 1.82) is 0 Å². The highest BCUT2D eigenvalue weighted by Crippen LogP contribution is 2.38. The van der Waals surface area contributed by atoms with Crippen LogP contribution >= 0.6 is 0 Å². The molecule has 2 fully saturated rings. The van der Waals surface area contributed by atoms with Gasteiger partial charge in [0, 0.05) is 26.4 Å². The van der Waals surface area contributed by atoms with Crippen molar-refractivity contribution >= 4 is 17.9 Å². The predicted octanol–water partition coefficient (Wildman–Crippen LogP) is 1.23. The summed E-state index contributed by atoms with van der Waals surface area (Å²) >= 11 is 0. The van der Waals surface area contributed by atoms with Crippen molar-refractivity contribution in [3.8, 4) is 0 Å². The highest BCUT2D eigenvalue weighted by Gasteiger charge is 2.57. The van der Waals surface area contributed by atoms with Crippen LogP contribution in [0, 0.1) is 5.92 Å². The Morgan fingerprint density at radius 2 is 1.85 bits per heavy atom. The fourth-order valence-electron chi connectivity index (χ4n) is 3.48. The maximum Gasteiger partial charge on any atom is 0.314 e. The Morgan fingerprint density at radius 1 is 1.15 bits per heavy atom. The molecule has 0 unspecified atom stereocenters. The summed E-state index contributed by atoms with van der Waals surface area (Å²) < 4.78 is 15.8. The third-order valence-corrected chi connectivity index (χ3v) is 4.75. The van der Waals surface area contributed by atoms with Gasteiger partial charge in [-0.1, -0.05) is 30.3 Å². The molecule has 0 N–H and O–H groups in total. The van der Waals surface area contributed by atoms with Gasteiger partial charge in [0.15, 0.2) is 12.2 Å². The Balaban J connectivity index is 1.80. The average molecular weight is 377 g/mol. The fraction of sp³-hybridized carbons (Fsp3) is 0.526. The summed E-state index contributed by atoms with van der Waals surface area (Å²) in [6, 6.07) is 9.43. The van der Waals surface area contributed by atoms with Crippen molar-refractivity contribution in [1.82, 2.24) is 5.06 Å². The number of hydroxylamine groups is 2. The first-order valence-electron chi connectivity index (χ1n) is 8.85. The molecule has 1 aromatic rings. The number of carbonyl (C=O) groups is 3. The molecule has 0 amide bonds. The van der Waals surface area contributed by atoms with Gasteiger partial charge in [-0.25, -0.2) is 0 Å². The molecule has 0 aromatic heterocycles. The number of hydrogen-bond donors (Lipinski definition) is 0. The first-order valence-corrected chi connectivity index (χ1v) is 8.85. The maximum absolute atomic E-state index is 12.6. The fourth-order valence-corrected chi connectivity index (χ4v) is 3.48. The molecule has 2 aliphatic rings. The summed E-state index contributed by atoms with van der Waals surface area (Å²) in [5.74, 6) is -2.10. The highest BCUT2D eigenvalue weighted by atomic mass is 16.7. The van der Waals surface area contributed by atoms with Gasteiger partial charge in [0.25, 0.3) is 0 Å². The number of hydrogen-bond acceptors (Lipinski definition) is 8. The number of carbonyl (C=O) groups excluding carboxylic acids is 3. The second-order valence-electron chi connectivity index (χ2n) is 6.75. The summed E-state index contributed by atoms with van der Waals surface area (Å²) in [5.41, 5.74) is 1.02. The molecule has 8 nitrogen and oxygen atoms in total. The Hall–Kier alpha value is -2.45. The Labute approximate surface area is 157 Å².